The first-order valence-corrected chi connectivity index (χ1v) is 8.76. The standard InChI is InChI=1S/C17H23BrN2O5/c1-10-6-11(8-14(18)19-10)24-12-7-13(15(21)23-5)20(9-12)16(22)25-17(2,3)4/h6,8,12-13H,7,9H2,1-5H3/t12-,13+/m1/s1. The van der Waals surface area contributed by atoms with Crippen LogP contribution in [0.2, 0.25) is 0 Å². The first-order valence-electron chi connectivity index (χ1n) is 7.97. The molecule has 8 heteroatoms. The number of pyridine rings is 1. The van der Waals surface area contributed by atoms with Gasteiger partial charge in [0.2, 0.25) is 0 Å². The van der Waals surface area contributed by atoms with E-state index < -0.39 is 23.7 Å². The summed E-state index contributed by atoms with van der Waals surface area (Å²) in [4.78, 5) is 30.1. The molecule has 0 aromatic carbocycles. The zero-order valence-electron chi connectivity index (χ0n) is 15.0. The summed E-state index contributed by atoms with van der Waals surface area (Å²) < 4.78 is 16.8. The minimum Gasteiger partial charge on any atom is -0.488 e. The second-order valence-corrected chi connectivity index (χ2v) is 7.73. The van der Waals surface area contributed by atoms with Crippen molar-refractivity contribution in [2.75, 3.05) is 13.7 Å². The van der Waals surface area contributed by atoms with E-state index in [0.29, 0.717) is 16.8 Å². The number of aromatic nitrogens is 1. The SMILES string of the molecule is COC(=O)[C@@H]1C[C@@H](Oc2cc(C)nc(Br)c2)CN1C(=O)OC(C)(C)C. The number of hydrogen-bond acceptors (Lipinski definition) is 6. The van der Waals surface area contributed by atoms with Crippen LogP contribution in [0.15, 0.2) is 16.7 Å². The Morgan fingerprint density at radius 3 is 2.56 bits per heavy atom. The van der Waals surface area contributed by atoms with E-state index in [1.165, 1.54) is 12.0 Å². The Kier molecular flexibility index (Phi) is 5.92. The number of likely N-dealkylation sites (tertiary alicyclic amines) is 1. The van der Waals surface area contributed by atoms with Crippen LogP contribution in [0.3, 0.4) is 0 Å². The van der Waals surface area contributed by atoms with Crippen molar-refractivity contribution in [3.05, 3.63) is 22.4 Å². The lowest BCUT2D eigenvalue weighted by atomic mass is 10.2. The van der Waals surface area contributed by atoms with E-state index in [4.69, 9.17) is 14.2 Å². The average Bonchev–Trinajstić information content (AvgIpc) is 2.87. The predicted octanol–water partition coefficient (Wildman–Crippen LogP) is 3.08. The summed E-state index contributed by atoms with van der Waals surface area (Å²) in [5.74, 6) is 0.142. The fourth-order valence-corrected chi connectivity index (χ4v) is 3.13. The quantitative estimate of drug-likeness (QED) is 0.558. The third-order valence-corrected chi connectivity index (χ3v) is 3.97. The third-order valence-electron chi connectivity index (χ3n) is 3.56. The van der Waals surface area contributed by atoms with Crippen LogP contribution >= 0.6 is 15.9 Å². The highest BCUT2D eigenvalue weighted by molar-refractivity contribution is 9.10. The van der Waals surface area contributed by atoms with Crippen molar-refractivity contribution in [2.24, 2.45) is 0 Å². The Labute approximate surface area is 155 Å². The number of aryl methyl sites for hydroxylation is 1. The molecule has 0 radical (unpaired) electrons. The number of nitrogens with zero attached hydrogens (tertiary/aromatic N) is 2. The zero-order chi connectivity index (χ0) is 18.8. The van der Waals surface area contributed by atoms with Crippen molar-refractivity contribution in [3.8, 4) is 5.75 Å². The van der Waals surface area contributed by atoms with Crippen LogP contribution in [-0.2, 0) is 14.3 Å². The van der Waals surface area contributed by atoms with E-state index in [9.17, 15) is 9.59 Å². The maximum Gasteiger partial charge on any atom is 0.411 e. The second kappa shape index (κ2) is 7.59. The largest absolute Gasteiger partial charge is 0.488 e. The molecule has 25 heavy (non-hydrogen) atoms. The van der Waals surface area contributed by atoms with Crippen molar-refractivity contribution in [3.63, 3.8) is 0 Å². The van der Waals surface area contributed by atoms with Gasteiger partial charge in [-0.2, -0.15) is 0 Å². The van der Waals surface area contributed by atoms with E-state index in [2.05, 4.69) is 20.9 Å². The number of carbonyl (C=O) groups is 2. The lowest BCUT2D eigenvalue weighted by Crippen LogP contribution is -2.44. The van der Waals surface area contributed by atoms with Gasteiger partial charge in [-0.05, 0) is 43.6 Å². The molecule has 0 bridgehead atoms. The normalized spacial score (nSPS) is 20.3. The number of amides is 1. The molecule has 0 saturated carbocycles. The lowest BCUT2D eigenvalue weighted by molar-refractivity contribution is -0.145. The maximum absolute atomic E-state index is 12.4. The molecule has 2 heterocycles. The monoisotopic (exact) mass is 414 g/mol. The molecule has 2 rings (SSSR count). The Balaban J connectivity index is 2.14. The summed E-state index contributed by atoms with van der Waals surface area (Å²) in [6.07, 6.45) is -0.559. The van der Waals surface area contributed by atoms with E-state index in [0.717, 1.165) is 5.69 Å². The molecule has 1 saturated heterocycles. The fourth-order valence-electron chi connectivity index (χ4n) is 2.62. The molecule has 2 atom stereocenters. The number of ether oxygens (including phenoxy) is 3. The molecule has 1 aromatic rings. The highest BCUT2D eigenvalue weighted by Gasteiger charge is 2.43. The second-order valence-electron chi connectivity index (χ2n) is 6.91. The number of rotatable bonds is 3. The van der Waals surface area contributed by atoms with Crippen molar-refractivity contribution in [2.45, 2.75) is 51.9 Å². The Morgan fingerprint density at radius 2 is 2.00 bits per heavy atom. The summed E-state index contributed by atoms with van der Waals surface area (Å²) >= 11 is 3.33. The van der Waals surface area contributed by atoms with Gasteiger partial charge in [-0.25, -0.2) is 14.6 Å². The molecule has 0 spiro atoms. The van der Waals surface area contributed by atoms with E-state index in [-0.39, 0.29) is 12.6 Å². The lowest BCUT2D eigenvalue weighted by Gasteiger charge is -2.27. The van der Waals surface area contributed by atoms with E-state index in [1.54, 1.807) is 32.9 Å². The van der Waals surface area contributed by atoms with Gasteiger partial charge in [0.1, 0.15) is 28.1 Å². The highest BCUT2D eigenvalue weighted by Crippen LogP contribution is 2.27. The van der Waals surface area contributed by atoms with Gasteiger partial charge in [0.25, 0.3) is 0 Å². The van der Waals surface area contributed by atoms with Gasteiger partial charge in [-0.3, -0.25) is 4.90 Å². The number of esters is 1. The molecule has 0 aliphatic carbocycles. The van der Waals surface area contributed by atoms with Gasteiger partial charge < -0.3 is 14.2 Å². The van der Waals surface area contributed by atoms with Gasteiger partial charge >= 0.3 is 12.1 Å². The topological polar surface area (TPSA) is 78.0 Å². The van der Waals surface area contributed by atoms with Gasteiger partial charge in [0.15, 0.2) is 0 Å². The van der Waals surface area contributed by atoms with Crippen LogP contribution in [0.5, 0.6) is 5.75 Å². The minimum absolute atomic E-state index is 0.244. The minimum atomic E-state index is -0.726. The third kappa shape index (κ3) is 5.32. The number of carbonyl (C=O) groups excluding carboxylic acids is 2. The molecule has 1 amide bonds. The number of halogens is 1. The van der Waals surface area contributed by atoms with Crippen LogP contribution in [0, 0.1) is 6.92 Å². The van der Waals surface area contributed by atoms with Gasteiger partial charge in [-0.15, -0.1) is 0 Å². The van der Waals surface area contributed by atoms with Crippen LogP contribution in [0.4, 0.5) is 4.79 Å². The smallest absolute Gasteiger partial charge is 0.411 e. The molecule has 0 N–H and O–H groups in total. The van der Waals surface area contributed by atoms with Crippen molar-refractivity contribution >= 4 is 28.0 Å². The van der Waals surface area contributed by atoms with E-state index in [1.807, 2.05) is 6.92 Å². The van der Waals surface area contributed by atoms with E-state index >= 15 is 0 Å². The summed E-state index contributed by atoms with van der Waals surface area (Å²) in [7, 11) is 1.30. The molecule has 1 aromatic heterocycles. The number of hydrogen-bond donors (Lipinski definition) is 0. The Morgan fingerprint density at radius 1 is 1.32 bits per heavy atom. The molecule has 138 valence electrons. The fraction of sp³-hybridized carbons (Fsp3) is 0.588. The predicted molar refractivity (Wildman–Crippen MR) is 94.5 cm³/mol. The molecule has 1 aliphatic heterocycles. The van der Waals surface area contributed by atoms with Gasteiger partial charge in [0.05, 0.1) is 13.7 Å². The van der Waals surface area contributed by atoms with Crippen LogP contribution in [0.1, 0.15) is 32.9 Å². The molecular formula is C17H23BrN2O5. The van der Waals surface area contributed by atoms with Crippen molar-refractivity contribution in [1.29, 1.82) is 0 Å². The maximum atomic E-state index is 12.4. The molecule has 0 unspecified atom stereocenters. The number of methoxy groups -OCH3 is 1. The van der Waals surface area contributed by atoms with Gasteiger partial charge in [-0.1, -0.05) is 0 Å². The Bertz CT molecular complexity index is 639. The first kappa shape index (κ1) is 19.5. The summed E-state index contributed by atoms with van der Waals surface area (Å²) in [6, 6.07) is 2.82. The van der Waals surface area contributed by atoms with Crippen LogP contribution in [-0.4, -0.2) is 53.3 Å². The van der Waals surface area contributed by atoms with Crippen LogP contribution in [0.25, 0.3) is 0 Å². The van der Waals surface area contributed by atoms with Gasteiger partial charge in [0, 0.05) is 24.2 Å². The summed E-state index contributed by atoms with van der Waals surface area (Å²) in [5.41, 5.74) is 0.153. The van der Waals surface area contributed by atoms with Crippen molar-refractivity contribution in [1.82, 2.24) is 9.88 Å². The zero-order valence-corrected chi connectivity index (χ0v) is 16.6. The summed E-state index contributed by atoms with van der Waals surface area (Å²) in [6.45, 7) is 7.43. The summed E-state index contributed by atoms with van der Waals surface area (Å²) in [5, 5.41) is 0. The van der Waals surface area contributed by atoms with Crippen LogP contribution < -0.4 is 4.74 Å². The molecule has 1 aliphatic rings. The molecular weight excluding hydrogens is 392 g/mol. The molecule has 1 fully saturated rings. The highest BCUT2D eigenvalue weighted by atomic mass is 79.9. The average molecular weight is 415 g/mol. The van der Waals surface area contributed by atoms with Crippen molar-refractivity contribution < 1.29 is 23.8 Å². The molecule has 7 nitrogen and oxygen atoms in total. The first-order chi connectivity index (χ1) is 11.6. The Hall–Kier alpha value is -1.83.